The molecule has 1 saturated carbocycles. The van der Waals surface area contributed by atoms with Crippen molar-refractivity contribution in [1.29, 1.82) is 0 Å². The van der Waals surface area contributed by atoms with Gasteiger partial charge in [-0.05, 0) is 36.6 Å². The summed E-state index contributed by atoms with van der Waals surface area (Å²) in [5.74, 6) is 0.504. The number of hydrogen-bond donors (Lipinski definition) is 2. The molecule has 0 radical (unpaired) electrons. The van der Waals surface area contributed by atoms with Gasteiger partial charge in [-0.15, -0.1) is 0 Å². The van der Waals surface area contributed by atoms with Gasteiger partial charge in [-0.2, -0.15) is 0 Å². The lowest BCUT2D eigenvalue weighted by atomic mass is 9.95. The number of H-pyrrole nitrogens is 1. The van der Waals surface area contributed by atoms with Crippen molar-refractivity contribution in [3.05, 3.63) is 78.3 Å². The summed E-state index contributed by atoms with van der Waals surface area (Å²) in [6, 6.07) is 13.9. The normalized spacial score (nSPS) is 20.8. The highest BCUT2D eigenvalue weighted by molar-refractivity contribution is 6.12. The maximum absolute atomic E-state index is 13.0. The number of nitrogens with one attached hydrogen (secondary N) is 2. The van der Waals surface area contributed by atoms with Crippen LogP contribution in [-0.2, 0) is 6.42 Å². The summed E-state index contributed by atoms with van der Waals surface area (Å²) in [7, 11) is 0. The molecule has 5 rings (SSSR count). The number of aromatic amines is 1. The molecule has 0 bridgehead atoms. The average Bonchev–Trinajstić information content (AvgIpc) is 3.15. The van der Waals surface area contributed by atoms with E-state index in [1.165, 1.54) is 0 Å². The molecule has 122 valence electrons. The first-order valence-electron chi connectivity index (χ1n) is 8.44. The molecule has 2 aromatic heterocycles. The van der Waals surface area contributed by atoms with E-state index in [1.807, 2.05) is 42.5 Å². The fourth-order valence-electron chi connectivity index (χ4n) is 3.85. The smallest absolute Gasteiger partial charge is 0.174 e. The van der Waals surface area contributed by atoms with Gasteiger partial charge in [0.2, 0.25) is 0 Å². The Labute approximate surface area is 145 Å². The van der Waals surface area contributed by atoms with Crippen molar-refractivity contribution in [2.75, 3.05) is 5.32 Å². The maximum atomic E-state index is 13.0. The molecule has 0 aliphatic heterocycles. The van der Waals surface area contributed by atoms with E-state index in [0.717, 1.165) is 45.9 Å². The first-order valence-corrected chi connectivity index (χ1v) is 8.44. The van der Waals surface area contributed by atoms with Crippen LogP contribution in [-0.4, -0.2) is 15.8 Å². The first-order chi connectivity index (χ1) is 12.2. The van der Waals surface area contributed by atoms with Crippen molar-refractivity contribution in [1.82, 2.24) is 9.97 Å². The van der Waals surface area contributed by atoms with Gasteiger partial charge in [0.15, 0.2) is 5.78 Å². The molecular formula is C21H17N3O. The minimum absolute atomic E-state index is 0.00455. The Kier molecular flexibility index (Phi) is 2.95. The van der Waals surface area contributed by atoms with E-state index in [1.54, 1.807) is 12.4 Å². The van der Waals surface area contributed by atoms with Crippen LogP contribution in [0.1, 0.15) is 16.1 Å². The number of aromatic nitrogens is 2. The van der Waals surface area contributed by atoms with Gasteiger partial charge in [-0.3, -0.25) is 9.78 Å². The second kappa shape index (κ2) is 5.18. The number of fused-ring (bicyclic) bond motifs is 2. The number of ketones is 1. The molecule has 0 saturated heterocycles. The molecule has 1 aromatic carbocycles. The molecule has 2 atom stereocenters. The quantitative estimate of drug-likeness (QED) is 0.703. The van der Waals surface area contributed by atoms with E-state index in [-0.39, 0.29) is 11.7 Å². The zero-order valence-corrected chi connectivity index (χ0v) is 13.6. The summed E-state index contributed by atoms with van der Waals surface area (Å²) in [4.78, 5) is 20.6. The number of anilines is 2. The Bertz CT molecular complexity index is 989. The molecule has 3 aromatic rings. The number of para-hydroxylation sites is 1. The van der Waals surface area contributed by atoms with Crippen molar-refractivity contribution < 1.29 is 4.79 Å². The summed E-state index contributed by atoms with van der Waals surface area (Å²) in [5, 5.41) is 3.46. The number of carbonyl (C=O) groups is 1. The number of benzene rings is 1. The predicted octanol–water partition coefficient (Wildman–Crippen LogP) is 4.36. The highest BCUT2D eigenvalue weighted by atomic mass is 16.1. The molecule has 0 amide bonds. The zero-order chi connectivity index (χ0) is 17.0. The lowest BCUT2D eigenvalue weighted by Gasteiger charge is -2.13. The fourth-order valence-corrected chi connectivity index (χ4v) is 3.85. The van der Waals surface area contributed by atoms with E-state index in [4.69, 9.17) is 0 Å². The summed E-state index contributed by atoms with van der Waals surface area (Å²) in [6.45, 7) is 4.06. The van der Waals surface area contributed by atoms with Gasteiger partial charge in [0.05, 0.1) is 22.9 Å². The molecule has 2 heterocycles. The monoisotopic (exact) mass is 327 g/mol. The third-order valence-electron chi connectivity index (χ3n) is 5.21. The number of hydrogen-bond acceptors (Lipinski definition) is 3. The van der Waals surface area contributed by atoms with E-state index in [0.29, 0.717) is 5.92 Å². The Morgan fingerprint density at radius 1 is 1.12 bits per heavy atom. The third-order valence-corrected chi connectivity index (χ3v) is 5.21. The number of allylic oxidation sites excluding steroid dienone is 1. The highest BCUT2D eigenvalue weighted by Gasteiger charge is 2.53. The standard InChI is InChI=1S/C21H17N3O/c1-12-15-11-16-18(21(25)17(12)15)20(23-14-5-3-2-4-6-14)19(24-16)13-7-9-22-10-8-13/h2-10,15,17,23-24H,1,11H2/t15-,17+/m1/s1. The highest BCUT2D eigenvalue weighted by Crippen LogP contribution is 2.54. The Balaban J connectivity index is 1.67. The zero-order valence-electron chi connectivity index (χ0n) is 13.6. The number of carbonyl (C=O) groups excluding carboxylic acids is 1. The number of pyridine rings is 1. The van der Waals surface area contributed by atoms with Crippen LogP contribution >= 0.6 is 0 Å². The minimum atomic E-state index is 0.00455. The summed E-state index contributed by atoms with van der Waals surface area (Å²) in [6.07, 6.45) is 4.39. The van der Waals surface area contributed by atoms with Crippen LogP contribution in [0.2, 0.25) is 0 Å². The van der Waals surface area contributed by atoms with E-state index in [2.05, 4.69) is 21.9 Å². The van der Waals surface area contributed by atoms with Gasteiger partial charge >= 0.3 is 0 Å². The molecule has 1 fully saturated rings. The Morgan fingerprint density at radius 2 is 1.88 bits per heavy atom. The van der Waals surface area contributed by atoms with Crippen LogP contribution in [0.15, 0.2) is 67.0 Å². The largest absolute Gasteiger partial charge is 0.356 e. The van der Waals surface area contributed by atoms with Crippen molar-refractivity contribution in [3.8, 4) is 11.3 Å². The first kappa shape index (κ1) is 14.2. The van der Waals surface area contributed by atoms with Gasteiger partial charge in [-0.1, -0.05) is 30.4 Å². The van der Waals surface area contributed by atoms with Gasteiger partial charge < -0.3 is 10.3 Å². The molecule has 0 unspecified atom stereocenters. The van der Waals surface area contributed by atoms with Crippen LogP contribution in [0.5, 0.6) is 0 Å². The van der Waals surface area contributed by atoms with Crippen molar-refractivity contribution in [3.63, 3.8) is 0 Å². The van der Waals surface area contributed by atoms with E-state index >= 15 is 0 Å². The minimum Gasteiger partial charge on any atom is -0.356 e. The number of nitrogens with zero attached hydrogens (tertiary/aromatic N) is 1. The Morgan fingerprint density at radius 3 is 2.64 bits per heavy atom. The van der Waals surface area contributed by atoms with Crippen LogP contribution in [0.25, 0.3) is 11.3 Å². The second-order valence-corrected chi connectivity index (χ2v) is 6.68. The van der Waals surface area contributed by atoms with Crippen LogP contribution in [0.3, 0.4) is 0 Å². The second-order valence-electron chi connectivity index (χ2n) is 6.68. The topological polar surface area (TPSA) is 57.8 Å². The molecule has 4 heteroatoms. The molecule has 2 N–H and O–H groups in total. The van der Waals surface area contributed by atoms with E-state index in [9.17, 15) is 4.79 Å². The van der Waals surface area contributed by atoms with Crippen molar-refractivity contribution in [2.24, 2.45) is 11.8 Å². The summed E-state index contributed by atoms with van der Waals surface area (Å²) < 4.78 is 0. The average molecular weight is 327 g/mol. The molecule has 2 aliphatic carbocycles. The van der Waals surface area contributed by atoms with Crippen molar-refractivity contribution >= 4 is 17.2 Å². The van der Waals surface area contributed by atoms with Crippen LogP contribution in [0, 0.1) is 11.8 Å². The lowest BCUT2D eigenvalue weighted by molar-refractivity contribution is 0.0958. The fraction of sp³-hybridized carbons (Fsp3) is 0.143. The SMILES string of the molecule is C=C1[C@@H]2C(=O)c3c([nH]c(-c4ccncc4)c3Nc3ccccc3)C[C@H]12. The van der Waals surface area contributed by atoms with Crippen LogP contribution in [0.4, 0.5) is 11.4 Å². The number of rotatable bonds is 3. The molecule has 0 spiro atoms. The molecule has 25 heavy (non-hydrogen) atoms. The summed E-state index contributed by atoms with van der Waals surface area (Å²) in [5.41, 5.74) is 6.65. The van der Waals surface area contributed by atoms with Gasteiger partial charge in [0.1, 0.15) is 0 Å². The molecular weight excluding hydrogens is 310 g/mol. The lowest BCUT2D eigenvalue weighted by Crippen LogP contribution is -2.14. The van der Waals surface area contributed by atoms with Gasteiger partial charge in [-0.25, -0.2) is 0 Å². The van der Waals surface area contributed by atoms with E-state index < -0.39 is 0 Å². The van der Waals surface area contributed by atoms with Crippen molar-refractivity contribution in [2.45, 2.75) is 6.42 Å². The van der Waals surface area contributed by atoms with Gasteiger partial charge in [0.25, 0.3) is 0 Å². The Hall–Kier alpha value is -3.14. The summed E-state index contributed by atoms with van der Waals surface area (Å²) >= 11 is 0. The molecule has 4 nitrogen and oxygen atoms in total. The maximum Gasteiger partial charge on any atom is 0.174 e. The number of Topliss-reactive ketones (excluding diaryl/α,β-unsaturated/α-hetero) is 1. The van der Waals surface area contributed by atoms with Crippen LogP contribution < -0.4 is 5.32 Å². The molecule has 2 aliphatic rings. The predicted molar refractivity (Wildman–Crippen MR) is 97.9 cm³/mol. The van der Waals surface area contributed by atoms with Gasteiger partial charge in [0, 0.05) is 29.3 Å². The third kappa shape index (κ3) is 2.14.